The van der Waals surface area contributed by atoms with Gasteiger partial charge in [-0.3, -0.25) is 4.79 Å². The predicted octanol–water partition coefficient (Wildman–Crippen LogP) is 0.283. The van der Waals surface area contributed by atoms with Crippen molar-refractivity contribution >= 4 is 23.0 Å². The van der Waals surface area contributed by atoms with E-state index in [0.717, 1.165) is 30.3 Å². The fourth-order valence-corrected chi connectivity index (χ4v) is 5.92. The quantitative estimate of drug-likeness (QED) is 0.0623. The SMILES string of the molecule is C[C@@H]1O[C@H](Oc2c(-c3ccc(O)c(O)c3)oc3cc(O)cc(O)c3c2=O)[C@@H](O)[C@H](O)[C@H]1O[C@H]1O[C@@H](COC(=O)C=Cc2ccc(O)cc2)[C@H](O)[C@@H](O)[C@@H]1O. The number of esters is 1. The lowest BCUT2D eigenvalue weighted by molar-refractivity contribution is -0.349. The summed E-state index contributed by atoms with van der Waals surface area (Å²) in [5, 5.41) is 103. The van der Waals surface area contributed by atoms with Gasteiger partial charge in [0.2, 0.25) is 17.5 Å². The topological polar surface area (TPSA) is 296 Å². The Morgan fingerprint density at radius 1 is 0.759 bits per heavy atom. The van der Waals surface area contributed by atoms with Gasteiger partial charge in [0, 0.05) is 23.8 Å². The molecular formula is C36H36O18. The molecule has 0 bridgehead atoms. The Kier molecular flexibility index (Phi) is 11.0. The van der Waals surface area contributed by atoms with Crippen LogP contribution in [0.5, 0.6) is 34.5 Å². The maximum Gasteiger partial charge on any atom is 0.330 e. The summed E-state index contributed by atoms with van der Waals surface area (Å²) in [6, 6.07) is 11.2. The van der Waals surface area contributed by atoms with E-state index in [1.165, 1.54) is 31.2 Å². The van der Waals surface area contributed by atoms with Crippen molar-refractivity contribution in [3.63, 3.8) is 0 Å². The molecule has 2 aliphatic rings. The van der Waals surface area contributed by atoms with E-state index in [4.69, 9.17) is 28.1 Å². The average Bonchev–Trinajstić information content (AvgIpc) is 3.13. The first-order chi connectivity index (χ1) is 25.6. The number of carbonyl (C=O) groups is 1. The van der Waals surface area contributed by atoms with Crippen LogP contribution in [0.3, 0.4) is 0 Å². The molecular weight excluding hydrogens is 720 g/mol. The monoisotopic (exact) mass is 756 g/mol. The molecule has 10 N–H and O–H groups in total. The van der Waals surface area contributed by atoms with E-state index in [1.807, 2.05) is 0 Å². The van der Waals surface area contributed by atoms with Gasteiger partial charge in [-0.05, 0) is 48.9 Å². The minimum Gasteiger partial charge on any atom is -0.508 e. The van der Waals surface area contributed by atoms with Crippen molar-refractivity contribution in [2.45, 2.75) is 68.3 Å². The van der Waals surface area contributed by atoms with E-state index in [9.17, 15) is 60.7 Å². The van der Waals surface area contributed by atoms with Crippen LogP contribution in [0, 0.1) is 0 Å². The maximum atomic E-state index is 13.7. The molecule has 18 heteroatoms. The molecule has 2 aliphatic heterocycles. The molecule has 3 aromatic carbocycles. The van der Waals surface area contributed by atoms with Crippen molar-refractivity contribution in [2.75, 3.05) is 6.61 Å². The standard InChI is InChI=1S/C36H36O18/c1-14-32(53-36-30(47)28(45)26(43)23(52-36)13-49-24(42)9-4-15-2-6-17(37)7-3-15)29(46)31(48)35(50-14)54-34-27(44)25-21(41)11-18(38)12-22(25)51-33(34)16-5-8-19(39)20(40)10-16/h2-12,14,23,26,28-32,35-41,43,45-48H,13H2,1H3/t14-,23-,26-,28+,29-,30-,31-,32-,35+,36+/m0/s1. The molecule has 1 aromatic heterocycles. The zero-order valence-corrected chi connectivity index (χ0v) is 28.1. The van der Waals surface area contributed by atoms with Crippen LogP contribution in [0.25, 0.3) is 28.4 Å². The number of ether oxygens (including phenoxy) is 5. The first kappa shape index (κ1) is 38.3. The first-order valence-corrected chi connectivity index (χ1v) is 16.3. The van der Waals surface area contributed by atoms with E-state index >= 15 is 0 Å². The maximum absolute atomic E-state index is 13.7. The molecule has 0 amide bonds. The normalized spacial score (nSPS) is 28.6. The van der Waals surface area contributed by atoms with Crippen molar-refractivity contribution in [1.29, 1.82) is 0 Å². The van der Waals surface area contributed by atoms with Gasteiger partial charge in [0.05, 0.1) is 6.10 Å². The second kappa shape index (κ2) is 15.5. The van der Waals surface area contributed by atoms with Crippen LogP contribution < -0.4 is 10.2 Å². The molecule has 4 aromatic rings. The van der Waals surface area contributed by atoms with Gasteiger partial charge in [0.15, 0.2) is 23.5 Å². The fourth-order valence-electron chi connectivity index (χ4n) is 5.92. The highest BCUT2D eigenvalue weighted by atomic mass is 16.7. The summed E-state index contributed by atoms with van der Waals surface area (Å²) in [7, 11) is 0. The third-order valence-corrected chi connectivity index (χ3v) is 8.82. The Morgan fingerprint density at radius 2 is 1.46 bits per heavy atom. The van der Waals surface area contributed by atoms with Crippen molar-refractivity contribution in [3.8, 4) is 45.8 Å². The smallest absolute Gasteiger partial charge is 0.330 e. The van der Waals surface area contributed by atoms with E-state index < -0.39 is 119 Å². The summed E-state index contributed by atoms with van der Waals surface area (Å²) in [6.45, 7) is 0.763. The van der Waals surface area contributed by atoms with Crippen molar-refractivity contribution < 1.29 is 84.0 Å². The van der Waals surface area contributed by atoms with Gasteiger partial charge in [-0.25, -0.2) is 4.79 Å². The van der Waals surface area contributed by atoms with Gasteiger partial charge < -0.3 is 79.2 Å². The van der Waals surface area contributed by atoms with Crippen LogP contribution in [0.15, 0.2) is 69.9 Å². The fraction of sp³-hybridized carbons (Fsp3) is 0.333. The second-order valence-corrected chi connectivity index (χ2v) is 12.6. The van der Waals surface area contributed by atoms with Crippen molar-refractivity contribution in [2.24, 2.45) is 0 Å². The number of aliphatic hydroxyl groups excluding tert-OH is 5. The Bertz CT molecular complexity index is 2080. The second-order valence-electron chi connectivity index (χ2n) is 12.6. The summed E-state index contributed by atoms with van der Waals surface area (Å²) < 4.78 is 33.8. The molecule has 0 spiro atoms. The number of hydrogen-bond acceptors (Lipinski definition) is 18. The number of hydrogen-bond donors (Lipinski definition) is 10. The minimum absolute atomic E-state index is 0.0278. The molecule has 0 unspecified atom stereocenters. The third kappa shape index (κ3) is 7.77. The molecule has 18 nitrogen and oxygen atoms in total. The van der Waals surface area contributed by atoms with Gasteiger partial charge >= 0.3 is 5.97 Å². The Morgan fingerprint density at radius 3 is 2.17 bits per heavy atom. The highest BCUT2D eigenvalue weighted by Gasteiger charge is 2.50. The summed E-state index contributed by atoms with van der Waals surface area (Å²) in [5.41, 5.74) is -0.764. The van der Waals surface area contributed by atoms with Gasteiger partial charge in [0.25, 0.3) is 0 Å². The van der Waals surface area contributed by atoms with Crippen LogP contribution in [0.1, 0.15) is 12.5 Å². The number of phenolic OH excluding ortho intramolecular Hbond substituents is 5. The molecule has 0 radical (unpaired) electrons. The van der Waals surface area contributed by atoms with Crippen molar-refractivity contribution in [3.05, 3.63) is 76.5 Å². The zero-order chi connectivity index (χ0) is 39.0. The lowest BCUT2D eigenvalue weighted by atomic mass is 9.97. The number of fused-ring (bicyclic) bond motifs is 1. The molecule has 288 valence electrons. The Hall–Kier alpha value is -5.44. The molecule has 0 saturated carbocycles. The molecule has 2 saturated heterocycles. The lowest BCUT2D eigenvalue weighted by Crippen LogP contribution is -2.64. The minimum atomic E-state index is -2.00. The highest BCUT2D eigenvalue weighted by Crippen LogP contribution is 2.40. The van der Waals surface area contributed by atoms with E-state index in [1.54, 1.807) is 12.1 Å². The van der Waals surface area contributed by atoms with Gasteiger partial charge in [0.1, 0.15) is 77.6 Å². The number of benzene rings is 3. The molecule has 10 atom stereocenters. The largest absolute Gasteiger partial charge is 0.508 e. The van der Waals surface area contributed by atoms with Crippen molar-refractivity contribution in [1.82, 2.24) is 0 Å². The summed E-state index contributed by atoms with van der Waals surface area (Å²) in [6.07, 6.45) is -14.7. The van der Waals surface area contributed by atoms with Gasteiger partial charge in [-0.1, -0.05) is 12.1 Å². The summed E-state index contributed by atoms with van der Waals surface area (Å²) in [5.74, 6) is -4.13. The Balaban J connectivity index is 1.18. The summed E-state index contributed by atoms with van der Waals surface area (Å²) in [4.78, 5) is 26.0. The van der Waals surface area contributed by atoms with E-state index in [0.29, 0.717) is 5.56 Å². The van der Waals surface area contributed by atoms with E-state index in [-0.39, 0.29) is 16.9 Å². The third-order valence-electron chi connectivity index (χ3n) is 8.82. The Labute approximate surface area is 304 Å². The number of aromatic hydroxyl groups is 5. The predicted molar refractivity (Wildman–Crippen MR) is 181 cm³/mol. The molecule has 6 rings (SSSR count). The molecule has 0 aliphatic carbocycles. The van der Waals surface area contributed by atoms with Crippen LogP contribution in [0.2, 0.25) is 0 Å². The average molecular weight is 757 g/mol. The number of phenols is 5. The number of rotatable bonds is 9. The first-order valence-electron chi connectivity index (χ1n) is 16.3. The summed E-state index contributed by atoms with van der Waals surface area (Å²) >= 11 is 0. The highest BCUT2D eigenvalue weighted by molar-refractivity contribution is 5.88. The lowest BCUT2D eigenvalue weighted by Gasteiger charge is -2.45. The van der Waals surface area contributed by atoms with E-state index in [2.05, 4.69) is 0 Å². The van der Waals surface area contributed by atoms with Gasteiger partial charge in [-0.15, -0.1) is 0 Å². The van der Waals surface area contributed by atoms with Gasteiger partial charge in [-0.2, -0.15) is 0 Å². The molecule has 54 heavy (non-hydrogen) atoms. The zero-order valence-electron chi connectivity index (χ0n) is 28.1. The molecule has 3 heterocycles. The number of carbonyl (C=O) groups excluding carboxylic acids is 1. The van der Waals surface area contributed by atoms with Crippen LogP contribution in [-0.2, 0) is 23.7 Å². The van der Waals surface area contributed by atoms with Crippen LogP contribution >= 0.6 is 0 Å². The molecule has 2 fully saturated rings. The van der Waals surface area contributed by atoms with Crippen LogP contribution in [-0.4, -0.2) is 125 Å². The van der Waals surface area contributed by atoms with Crippen LogP contribution in [0.4, 0.5) is 0 Å². The number of aliphatic hydroxyl groups is 5.